The Hall–Kier alpha value is -1.39. The number of nitrogens with zero attached hydrogens (tertiary/aromatic N) is 2. The molecule has 0 aliphatic carbocycles. The quantitative estimate of drug-likeness (QED) is 0.448. The molecule has 0 unspecified atom stereocenters. The summed E-state index contributed by atoms with van der Waals surface area (Å²) in [6, 6.07) is 10.4. The van der Waals surface area contributed by atoms with E-state index in [9.17, 15) is 4.79 Å². The number of rotatable bonds is 6. The second-order valence-corrected chi connectivity index (χ2v) is 6.11. The highest BCUT2D eigenvalue weighted by Crippen LogP contribution is 2.13. The van der Waals surface area contributed by atoms with Crippen LogP contribution in [0, 0.1) is 0 Å². The highest BCUT2D eigenvalue weighted by molar-refractivity contribution is 5.68. The molecule has 19 heavy (non-hydrogen) atoms. The van der Waals surface area contributed by atoms with Gasteiger partial charge in [0.2, 0.25) is 6.67 Å². The monoisotopic (exact) mass is 266 g/mol. The van der Waals surface area contributed by atoms with Crippen LogP contribution >= 0.6 is 0 Å². The predicted octanol–water partition coefficient (Wildman–Crippen LogP) is 2.17. The molecule has 0 N–H and O–H groups in total. The smallest absolute Gasteiger partial charge is 0.275 e. The molecule has 0 saturated carbocycles. The van der Waals surface area contributed by atoms with E-state index in [2.05, 4.69) is 26.2 Å². The fraction of sp³-hybridized carbons (Fsp3) is 0.533. The summed E-state index contributed by atoms with van der Waals surface area (Å²) in [5.74, 6) is -0.162. The highest BCUT2D eigenvalue weighted by atomic mass is 16.7. The normalized spacial score (nSPS) is 12.3. The lowest BCUT2D eigenvalue weighted by molar-refractivity contribution is -1.16. The minimum absolute atomic E-state index is 0.162. The minimum Gasteiger partial charge on any atom is -0.275 e. The van der Waals surface area contributed by atoms with E-state index in [-0.39, 0.29) is 10.6 Å². The molecule has 4 heteroatoms. The summed E-state index contributed by atoms with van der Waals surface area (Å²) < 4.78 is 1.00. The van der Waals surface area contributed by atoms with E-state index in [4.69, 9.17) is 4.84 Å². The zero-order valence-electron chi connectivity index (χ0n) is 12.7. The topological polar surface area (TPSA) is 26.3 Å². The first-order chi connectivity index (χ1) is 8.74. The highest BCUT2D eigenvalue weighted by Gasteiger charge is 2.31. The Morgan fingerprint density at radius 2 is 1.68 bits per heavy atom. The van der Waals surface area contributed by atoms with Crippen molar-refractivity contribution in [3.8, 4) is 0 Å². The Balaban J connectivity index is 2.65. The largest absolute Gasteiger partial charge is 0.366 e. The predicted molar refractivity (Wildman–Crippen MR) is 75.6 cm³/mol. The van der Waals surface area contributed by atoms with Gasteiger partial charge in [0.25, 0.3) is 0 Å². The molecule has 0 heterocycles. The summed E-state index contributed by atoms with van der Waals surface area (Å²) in [6.45, 7) is 3.44. The van der Waals surface area contributed by atoms with Crippen LogP contribution < -0.4 is 0 Å². The molecular formula is C15H26N2O2+2. The summed E-state index contributed by atoms with van der Waals surface area (Å²) in [6.07, 6.45) is 0.411. The standard InChI is InChI=1S/C15H26N2O2/c1-6-15(18)19-17(4,5)13-16(2,3)12-14-10-8-7-9-11-14/h7-11H,6,12-13H2,1-5H3/q+2. The molecule has 106 valence electrons. The minimum atomic E-state index is -0.162. The van der Waals surface area contributed by atoms with Crippen LogP contribution in [-0.4, -0.2) is 50.0 Å². The van der Waals surface area contributed by atoms with Crippen LogP contribution in [0.3, 0.4) is 0 Å². The number of hydrogen-bond donors (Lipinski definition) is 0. The molecule has 0 aliphatic heterocycles. The van der Waals surface area contributed by atoms with E-state index in [1.54, 1.807) is 0 Å². The lowest BCUT2D eigenvalue weighted by Gasteiger charge is -2.36. The maximum absolute atomic E-state index is 11.4. The third-order valence-electron chi connectivity index (χ3n) is 2.81. The molecule has 0 bridgehead atoms. The molecule has 0 radical (unpaired) electrons. The van der Waals surface area contributed by atoms with Crippen molar-refractivity contribution >= 4 is 5.97 Å². The Morgan fingerprint density at radius 1 is 1.11 bits per heavy atom. The van der Waals surface area contributed by atoms with E-state index in [0.29, 0.717) is 6.42 Å². The first-order valence-electron chi connectivity index (χ1n) is 6.65. The van der Waals surface area contributed by atoms with Crippen molar-refractivity contribution < 1.29 is 18.8 Å². The molecule has 0 fully saturated rings. The Bertz CT molecular complexity index is 413. The zero-order chi connectivity index (χ0) is 14.5. The number of hydroxylamine groups is 3. The lowest BCUT2D eigenvalue weighted by Crippen LogP contribution is -2.55. The molecule has 1 aromatic carbocycles. The number of carbonyl (C=O) groups excluding carboxylic acids is 1. The van der Waals surface area contributed by atoms with Crippen molar-refractivity contribution in [3.05, 3.63) is 35.9 Å². The number of quaternary nitrogens is 2. The van der Waals surface area contributed by atoms with Crippen molar-refractivity contribution in [3.63, 3.8) is 0 Å². The maximum Gasteiger partial charge on any atom is 0.366 e. The average molecular weight is 266 g/mol. The molecule has 0 spiro atoms. The number of carbonyl (C=O) groups is 1. The maximum atomic E-state index is 11.4. The second kappa shape index (κ2) is 6.17. The Kier molecular flexibility index (Phi) is 5.09. The summed E-state index contributed by atoms with van der Waals surface area (Å²) in [5.41, 5.74) is 1.29. The molecule has 0 amide bonds. The van der Waals surface area contributed by atoms with Crippen LogP contribution in [0.15, 0.2) is 30.3 Å². The second-order valence-electron chi connectivity index (χ2n) is 6.11. The number of hydrogen-bond acceptors (Lipinski definition) is 2. The first kappa shape index (κ1) is 15.7. The van der Waals surface area contributed by atoms with Gasteiger partial charge in [0.1, 0.15) is 20.6 Å². The van der Waals surface area contributed by atoms with E-state index in [0.717, 1.165) is 17.7 Å². The van der Waals surface area contributed by atoms with Crippen molar-refractivity contribution in [1.82, 2.24) is 0 Å². The van der Waals surface area contributed by atoms with Crippen LogP contribution in [0.1, 0.15) is 18.9 Å². The van der Waals surface area contributed by atoms with E-state index >= 15 is 0 Å². The van der Waals surface area contributed by atoms with Crippen LogP contribution in [0.5, 0.6) is 0 Å². The molecule has 0 aliphatic rings. The molecule has 0 atom stereocenters. The van der Waals surface area contributed by atoms with E-state index in [1.807, 2.05) is 39.2 Å². The van der Waals surface area contributed by atoms with E-state index < -0.39 is 0 Å². The molecule has 4 nitrogen and oxygen atoms in total. The molecule has 0 aromatic heterocycles. The molecule has 1 rings (SSSR count). The van der Waals surface area contributed by atoms with Gasteiger partial charge >= 0.3 is 5.97 Å². The van der Waals surface area contributed by atoms with Crippen molar-refractivity contribution in [2.45, 2.75) is 19.9 Å². The van der Waals surface area contributed by atoms with Gasteiger partial charge in [-0.1, -0.05) is 41.9 Å². The van der Waals surface area contributed by atoms with Gasteiger partial charge in [-0.3, -0.25) is 9.32 Å². The fourth-order valence-electron chi connectivity index (χ4n) is 2.42. The summed E-state index contributed by atoms with van der Waals surface area (Å²) in [5, 5.41) is 0. The number of benzene rings is 1. The fourth-order valence-corrected chi connectivity index (χ4v) is 2.42. The van der Waals surface area contributed by atoms with Crippen LogP contribution in [0.4, 0.5) is 0 Å². The summed E-state index contributed by atoms with van der Waals surface area (Å²) in [4.78, 5) is 16.9. The van der Waals surface area contributed by atoms with Gasteiger partial charge in [-0.05, 0) is 0 Å². The average Bonchev–Trinajstić information content (AvgIpc) is 2.27. The molecular weight excluding hydrogens is 240 g/mol. The van der Waals surface area contributed by atoms with Crippen LogP contribution in [0.25, 0.3) is 0 Å². The SMILES string of the molecule is CCC(=O)O[N+](C)(C)C[N+](C)(C)Cc1ccccc1. The Morgan fingerprint density at radius 3 is 2.21 bits per heavy atom. The van der Waals surface area contributed by atoms with Gasteiger partial charge < -0.3 is 0 Å². The third-order valence-corrected chi connectivity index (χ3v) is 2.81. The van der Waals surface area contributed by atoms with Crippen molar-refractivity contribution in [1.29, 1.82) is 0 Å². The summed E-state index contributed by atoms with van der Waals surface area (Å²) >= 11 is 0. The zero-order valence-corrected chi connectivity index (χ0v) is 12.7. The Labute approximate surface area is 116 Å². The van der Waals surface area contributed by atoms with Gasteiger partial charge in [0.15, 0.2) is 0 Å². The van der Waals surface area contributed by atoms with E-state index in [1.165, 1.54) is 5.56 Å². The van der Waals surface area contributed by atoms with Gasteiger partial charge in [0, 0.05) is 12.0 Å². The lowest BCUT2D eigenvalue weighted by atomic mass is 10.2. The third kappa shape index (κ3) is 5.85. The molecule has 1 aromatic rings. The molecule has 0 saturated heterocycles. The van der Waals surface area contributed by atoms with Gasteiger partial charge in [-0.15, -0.1) is 0 Å². The van der Waals surface area contributed by atoms with Crippen molar-refractivity contribution in [2.24, 2.45) is 0 Å². The van der Waals surface area contributed by atoms with Gasteiger partial charge in [0.05, 0.1) is 14.1 Å². The van der Waals surface area contributed by atoms with Crippen molar-refractivity contribution in [2.75, 3.05) is 34.9 Å². The van der Waals surface area contributed by atoms with Crippen LogP contribution in [-0.2, 0) is 16.2 Å². The van der Waals surface area contributed by atoms with Crippen LogP contribution in [0.2, 0.25) is 0 Å². The summed E-state index contributed by atoms with van der Waals surface area (Å²) in [7, 11) is 8.12. The van der Waals surface area contributed by atoms with Gasteiger partial charge in [-0.25, -0.2) is 4.79 Å². The first-order valence-corrected chi connectivity index (χ1v) is 6.65. The van der Waals surface area contributed by atoms with Gasteiger partial charge in [-0.2, -0.15) is 0 Å².